The number of likely N-dealkylation sites (tertiary alicyclic amines) is 1. The topological polar surface area (TPSA) is 54.7 Å². The van der Waals surface area contributed by atoms with E-state index in [1.54, 1.807) is 12.1 Å². The molecule has 5 heteroatoms. The number of aliphatic hydroxyl groups is 1. The number of ether oxygens (including phenoxy) is 1. The van der Waals surface area contributed by atoms with Gasteiger partial charge in [-0.25, -0.2) is 0 Å². The summed E-state index contributed by atoms with van der Waals surface area (Å²) in [7, 11) is 0. The number of β-amino-alcohol motifs (C(OH)–C–C–N with tert-alkyl or cyclic N) is 1. The summed E-state index contributed by atoms with van der Waals surface area (Å²) in [5.74, 6) is 0.885. The highest BCUT2D eigenvalue weighted by Crippen LogP contribution is 2.34. The molecule has 2 aliphatic heterocycles. The molecule has 2 bridgehead atoms. The van der Waals surface area contributed by atoms with Crippen LogP contribution in [0.1, 0.15) is 18.0 Å². The van der Waals surface area contributed by atoms with Crippen LogP contribution in [0.15, 0.2) is 35.6 Å². The Kier molecular flexibility index (Phi) is 4.76. The monoisotopic (exact) mass is 304 g/mol. The van der Waals surface area contributed by atoms with Crippen LogP contribution in [0.25, 0.3) is 0 Å². The van der Waals surface area contributed by atoms with E-state index in [1.165, 1.54) is 0 Å². The molecule has 0 unspecified atom stereocenters. The Hall–Kier alpha value is -1.43. The average molecular weight is 304 g/mol. The van der Waals surface area contributed by atoms with Gasteiger partial charge in [0, 0.05) is 43.9 Å². The summed E-state index contributed by atoms with van der Waals surface area (Å²) in [4.78, 5) is 14.3. The zero-order valence-corrected chi connectivity index (χ0v) is 12.9. The lowest BCUT2D eigenvalue weighted by Crippen LogP contribution is -2.49. The van der Waals surface area contributed by atoms with Crippen LogP contribution in [-0.2, 0) is 11.3 Å². The van der Waals surface area contributed by atoms with Gasteiger partial charge in [0.1, 0.15) is 0 Å². The van der Waals surface area contributed by atoms with Crippen molar-refractivity contribution < 1.29 is 9.84 Å². The fraction of sp³-hybridized carbons (Fsp3) is 0.588. The van der Waals surface area contributed by atoms with Gasteiger partial charge in [0.05, 0.1) is 19.3 Å². The molecule has 3 rings (SSSR count). The quantitative estimate of drug-likeness (QED) is 0.625. The summed E-state index contributed by atoms with van der Waals surface area (Å²) in [5, 5.41) is 10.1. The van der Waals surface area contributed by atoms with Gasteiger partial charge in [-0.05, 0) is 18.4 Å². The molecule has 120 valence electrons. The van der Waals surface area contributed by atoms with Gasteiger partial charge < -0.3 is 14.4 Å². The molecule has 0 aliphatic carbocycles. The zero-order chi connectivity index (χ0) is 15.5. The van der Waals surface area contributed by atoms with Crippen LogP contribution in [0.5, 0.6) is 0 Å². The van der Waals surface area contributed by atoms with E-state index in [1.807, 2.05) is 10.6 Å². The van der Waals surface area contributed by atoms with Gasteiger partial charge in [-0.3, -0.25) is 9.69 Å². The van der Waals surface area contributed by atoms with Crippen molar-refractivity contribution in [3.63, 3.8) is 0 Å². The molecule has 1 fully saturated rings. The van der Waals surface area contributed by atoms with E-state index in [-0.39, 0.29) is 5.56 Å². The van der Waals surface area contributed by atoms with Crippen molar-refractivity contribution in [2.75, 3.05) is 32.8 Å². The minimum absolute atomic E-state index is 0.110. The van der Waals surface area contributed by atoms with Crippen molar-refractivity contribution in [2.24, 2.45) is 5.92 Å². The second-order valence-corrected chi connectivity index (χ2v) is 6.40. The first kappa shape index (κ1) is 15.5. The molecule has 3 heterocycles. The molecule has 1 saturated heterocycles. The van der Waals surface area contributed by atoms with Crippen molar-refractivity contribution in [3.8, 4) is 0 Å². The minimum atomic E-state index is -0.475. The van der Waals surface area contributed by atoms with Crippen LogP contribution in [0.3, 0.4) is 0 Å². The molecule has 0 amide bonds. The van der Waals surface area contributed by atoms with Crippen molar-refractivity contribution >= 4 is 0 Å². The van der Waals surface area contributed by atoms with Gasteiger partial charge in [-0.2, -0.15) is 0 Å². The molecule has 22 heavy (non-hydrogen) atoms. The number of aromatic nitrogens is 1. The Morgan fingerprint density at radius 3 is 3.09 bits per heavy atom. The number of hydrogen-bond acceptors (Lipinski definition) is 4. The Morgan fingerprint density at radius 2 is 2.27 bits per heavy atom. The minimum Gasteiger partial charge on any atom is -0.389 e. The normalized spacial score (nSPS) is 25.5. The maximum Gasteiger partial charge on any atom is 0.250 e. The molecule has 2 aliphatic rings. The molecule has 0 aromatic carbocycles. The predicted octanol–water partition coefficient (Wildman–Crippen LogP) is 0.831. The van der Waals surface area contributed by atoms with Crippen LogP contribution >= 0.6 is 0 Å². The third-order valence-electron chi connectivity index (χ3n) is 4.57. The van der Waals surface area contributed by atoms with Gasteiger partial charge in [0.15, 0.2) is 0 Å². The number of pyridine rings is 1. The smallest absolute Gasteiger partial charge is 0.250 e. The number of aliphatic hydroxyl groups excluding tert-OH is 1. The van der Waals surface area contributed by atoms with Gasteiger partial charge in [0.25, 0.3) is 5.56 Å². The summed E-state index contributed by atoms with van der Waals surface area (Å²) in [6, 6.07) is 5.56. The van der Waals surface area contributed by atoms with E-state index in [0.717, 1.165) is 31.7 Å². The highest BCUT2D eigenvalue weighted by molar-refractivity contribution is 5.16. The first-order chi connectivity index (χ1) is 10.7. The summed E-state index contributed by atoms with van der Waals surface area (Å²) in [6.45, 7) is 7.67. The van der Waals surface area contributed by atoms with Crippen molar-refractivity contribution in [1.82, 2.24) is 9.47 Å². The van der Waals surface area contributed by atoms with Gasteiger partial charge >= 0.3 is 0 Å². The number of hydrogen-bond donors (Lipinski definition) is 1. The number of piperidine rings is 1. The molecule has 0 radical (unpaired) electrons. The number of rotatable bonds is 6. The maximum absolute atomic E-state index is 12.0. The largest absolute Gasteiger partial charge is 0.389 e. The Labute approximate surface area is 130 Å². The number of fused-ring (bicyclic) bond motifs is 4. The van der Waals surface area contributed by atoms with Crippen LogP contribution in [-0.4, -0.2) is 53.5 Å². The summed E-state index contributed by atoms with van der Waals surface area (Å²) in [5.41, 5.74) is 1.25. The Morgan fingerprint density at radius 1 is 1.41 bits per heavy atom. The molecule has 1 aromatic heterocycles. The highest BCUT2D eigenvalue weighted by Gasteiger charge is 2.34. The lowest BCUT2D eigenvalue weighted by molar-refractivity contribution is 0.0100. The molecule has 0 spiro atoms. The molecule has 1 N–H and O–H groups in total. The molecular weight excluding hydrogens is 280 g/mol. The first-order valence-electron chi connectivity index (χ1n) is 7.96. The Balaban J connectivity index is 1.63. The maximum atomic E-state index is 12.0. The standard InChI is InChI=1S/C17H24N2O3/c1-2-6-22-12-15(20)11-18-8-13-7-14(10-18)16-4-3-5-17(21)19(16)9-13/h2-5,13-15,20H,1,6-12H2/t13-,14-,15+/m1/s1. The van der Waals surface area contributed by atoms with Crippen LogP contribution in [0.4, 0.5) is 0 Å². The fourth-order valence-corrected chi connectivity index (χ4v) is 3.78. The van der Waals surface area contributed by atoms with E-state index < -0.39 is 6.10 Å². The SMILES string of the molecule is C=CCOC[C@@H](O)CN1C[C@H]2C[C@H](C1)c1cccc(=O)n1C2. The highest BCUT2D eigenvalue weighted by atomic mass is 16.5. The van der Waals surface area contributed by atoms with Crippen LogP contribution in [0.2, 0.25) is 0 Å². The Bertz CT molecular complexity index is 584. The summed E-state index contributed by atoms with van der Waals surface area (Å²) in [6.07, 6.45) is 2.35. The van der Waals surface area contributed by atoms with Crippen molar-refractivity contribution in [3.05, 3.63) is 46.9 Å². The van der Waals surface area contributed by atoms with E-state index >= 15 is 0 Å². The third-order valence-corrected chi connectivity index (χ3v) is 4.57. The number of nitrogens with zero attached hydrogens (tertiary/aromatic N) is 2. The zero-order valence-electron chi connectivity index (χ0n) is 12.9. The molecule has 0 saturated carbocycles. The molecular formula is C17H24N2O3. The van der Waals surface area contributed by atoms with Crippen molar-refractivity contribution in [2.45, 2.75) is 25.0 Å². The summed E-state index contributed by atoms with van der Waals surface area (Å²) < 4.78 is 7.24. The van der Waals surface area contributed by atoms with E-state index in [2.05, 4.69) is 17.5 Å². The first-order valence-corrected chi connectivity index (χ1v) is 7.96. The van der Waals surface area contributed by atoms with Gasteiger partial charge in [-0.1, -0.05) is 12.1 Å². The fourth-order valence-electron chi connectivity index (χ4n) is 3.78. The van der Waals surface area contributed by atoms with E-state index in [4.69, 9.17) is 4.74 Å². The second-order valence-electron chi connectivity index (χ2n) is 6.40. The lowest BCUT2D eigenvalue weighted by Gasteiger charge is -2.43. The van der Waals surface area contributed by atoms with Crippen LogP contribution < -0.4 is 5.56 Å². The van der Waals surface area contributed by atoms with Gasteiger partial charge in [-0.15, -0.1) is 6.58 Å². The molecule has 5 nitrogen and oxygen atoms in total. The third kappa shape index (κ3) is 3.32. The summed E-state index contributed by atoms with van der Waals surface area (Å²) >= 11 is 0. The van der Waals surface area contributed by atoms with Crippen LogP contribution in [0, 0.1) is 5.92 Å². The average Bonchev–Trinajstić information content (AvgIpc) is 2.48. The van der Waals surface area contributed by atoms with E-state index in [9.17, 15) is 9.90 Å². The van der Waals surface area contributed by atoms with Crippen molar-refractivity contribution in [1.29, 1.82) is 0 Å². The molecule has 3 atom stereocenters. The second kappa shape index (κ2) is 6.77. The van der Waals surface area contributed by atoms with Gasteiger partial charge in [0.2, 0.25) is 0 Å². The van der Waals surface area contributed by atoms with E-state index in [0.29, 0.717) is 31.6 Å². The molecule has 1 aromatic rings. The predicted molar refractivity (Wildman–Crippen MR) is 85.0 cm³/mol. The lowest BCUT2D eigenvalue weighted by atomic mass is 9.83.